The first-order valence-electron chi connectivity index (χ1n) is 4.00. The minimum absolute atomic E-state index is 0. The van der Waals surface area contributed by atoms with E-state index in [9.17, 15) is 4.79 Å². The fourth-order valence-electron chi connectivity index (χ4n) is 1.41. The molecule has 0 aromatic heterocycles. The van der Waals surface area contributed by atoms with E-state index < -0.39 is 5.97 Å². The van der Waals surface area contributed by atoms with E-state index in [-0.39, 0.29) is 43.0 Å². The van der Waals surface area contributed by atoms with Crippen molar-refractivity contribution in [2.45, 2.75) is 0 Å². The van der Waals surface area contributed by atoms with Crippen LogP contribution in [-0.4, -0.2) is 11.1 Å². The van der Waals surface area contributed by atoms with E-state index in [1.807, 2.05) is 30.3 Å². The average Bonchev–Trinajstić information content (AvgIpc) is 2.17. The van der Waals surface area contributed by atoms with Crippen LogP contribution in [0.25, 0.3) is 10.8 Å². The van der Waals surface area contributed by atoms with Crippen LogP contribution >= 0.6 is 0 Å². The Morgan fingerprint density at radius 2 is 1.60 bits per heavy atom. The van der Waals surface area contributed by atoms with Gasteiger partial charge >= 0.3 is 5.97 Å². The quantitative estimate of drug-likeness (QED) is 0.876. The molecular formula is C11H8CoO2Zr. The van der Waals surface area contributed by atoms with Crippen molar-refractivity contribution in [3.05, 3.63) is 48.0 Å². The molecule has 2 nitrogen and oxygen atoms in total. The van der Waals surface area contributed by atoms with Crippen molar-refractivity contribution in [2.24, 2.45) is 0 Å². The molecular weight excluding hydrogens is 314 g/mol. The van der Waals surface area contributed by atoms with E-state index in [0.29, 0.717) is 5.56 Å². The smallest absolute Gasteiger partial charge is 0.336 e. The van der Waals surface area contributed by atoms with Crippen molar-refractivity contribution in [1.29, 1.82) is 0 Å². The molecule has 0 amide bonds. The van der Waals surface area contributed by atoms with Crippen LogP contribution in [0.4, 0.5) is 0 Å². The monoisotopic (exact) mass is 321 g/mol. The van der Waals surface area contributed by atoms with Gasteiger partial charge in [-0.2, -0.15) is 0 Å². The molecule has 0 bridgehead atoms. The van der Waals surface area contributed by atoms with E-state index in [0.717, 1.165) is 10.8 Å². The Labute approximate surface area is 117 Å². The summed E-state index contributed by atoms with van der Waals surface area (Å²) in [6.07, 6.45) is 0. The second kappa shape index (κ2) is 6.21. The van der Waals surface area contributed by atoms with Crippen LogP contribution in [-0.2, 0) is 43.0 Å². The Morgan fingerprint density at radius 1 is 1.00 bits per heavy atom. The van der Waals surface area contributed by atoms with Gasteiger partial charge in [-0.3, -0.25) is 0 Å². The van der Waals surface area contributed by atoms with Crippen molar-refractivity contribution >= 4 is 16.7 Å². The summed E-state index contributed by atoms with van der Waals surface area (Å²) in [7, 11) is 0. The fraction of sp³-hybridized carbons (Fsp3) is 0. The van der Waals surface area contributed by atoms with Crippen molar-refractivity contribution in [3.8, 4) is 0 Å². The van der Waals surface area contributed by atoms with Crippen LogP contribution < -0.4 is 0 Å². The van der Waals surface area contributed by atoms with Gasteiger partial charge in [0.1, 0.15) is 0 Å². The van der Waals surface area contributed by atoms with Crippen LogP contribution in [0.1, 0.15) is 10.4 Å². The maximum Gasteiger partial charge on any atom is 0.336 e. The van der Waals surface area contributed by atoms with E-state index in [2.05, 4.69) is 0 Å². The third-order valence-electron chi connectivity index (χ3n) is 2.02. The third kappa shape index (κ3) is 3.00. The Kier molecular flexibility index (Phi) is 6.03. The van der Waals surface area contributed by atoms with Crippen LogP contribution in [0.3, 0.4) is 0 Å². The largest absolute Gasteiger partial charge is 0.478 e. The number of carboxylic acid groups (broad SMARTS) is 1. The van der Waals surface area contributed by atoms with Crippen molar-refractivity contribution in [3.63, 3.8) is 0 Å². The minimum Gasteiger partial charge on any atom is -0.478 e. The number of carbonyl (C=O) groups is 1. The summed E-state index contributed by atoms with van der Waals surface area (Å²) in [5.74, 6) is -0.878. The van der Waals surface area contributed by atoms with E-state index >= 15 is 0 Å². The van der Waals surface area contributed by atoms with Crippen LogP contribution in [0.5, 0.6) is 0 Å². The van der Waals surface area contributed by atoms with Gasteiger partial charge in [0.05, 0.1) is 5.56 Å². The number of carboxylic acids is 1. The number of aromatic carboxylic acids is 1. The average molecular weight is 322 g/mol. The SMILES string of the molecule is O=C(O)c1cccc2ccccc12.[Co].[Zr]. The van der Waals surface area contributed by atoms with Crippen molar-refractivity contribution < 1.29 is 52.9 Å². The molecule has 15 heavy (non-hydrogen) atoms. The standard InChI is InChI=1S/C11H8O2.Co.Zr/c12-11(13)10-7-3-5-8-4-1-2-6-9(8)10;;/h1-7H,(H,12,13);;. The van der Waals surface area contributed by atoms with Crippen LogP contribution in [0.15, 0.2) is 42.5 Å². The summed E-state index contributed by atoms with van der Waals surface area (Å²) in [5.41, 5.74) is 0.359. The molecule has 0 aliphatic rings. The van der Waals surface area contributed by atoms with Gasteiger partial charge in [0, 0.05) is 43.0 Å². The zero-order valence-electron chi connectivity index (χ0n) is 7.73. The zero-order valence-corrected chi connectivity index (χ0v) is 11.2. The van der Waals surface area contributed by atoms with Crippen LogP contribution in [0, 0.1) is 0 Å². The van der Waals surface area contributed by atoms with Crippen molar-refractivity contribution in [1.82, 2.24) is 0 Å². The van der Waals surface area contributed by atoms with Gasteiger partial charge in [-0.05, 0) is 16.8 Å². The topological polar surface area (TPSA) is 37.3 Å². The van der Waals surface area contributed by atoms with Gasteiger partial charge in [-0.15, -0.1) is 0 Å². The number of hydrogen-bond acceptors (Lipinski definition) is 1. The van der Waals surface area contributed by atoms with Gasteiger partial charge in [-0.1, -0.05) is 36.4 Å². The molecule has 0 saturated carbocycles. The first-order chi connectivity index (χ1) is 6.29. The Bertz CT molecular complexity index is 466. The first-order valence-corrected chi connectivity index (χ1v) is 4.00. The molecule has 1 radical (unpaired) electrons. The van der Waals surface area contributed by atoms with Gasteiger partial charge in [0.25, 0.3) is 0 Å². The fourth-order valence-corrected chi connectivity index (χ4v) is 1.41. The molecule has 0 aliphatic heterocycles. The zero-order chi connectivity index (χ0) is 9.26. The molecule has 2 aromatic carbocycles. The van der Waals surface area contributed by atoms with E-state index in [1.165, 1.54) is 0 Å². The van der Waals surface area contributed by atoms with E-state index in [4.69, 9.17) is 5.11 Å². The summed E-state index contributed by atoms with van der Waals surface area (Å²) < 4.78 is 0. The molecule has 77 valence electrons. The Hall–Kier alpha value is -0.440. The molecule has 0 spiro atoms. The predicted octanol–water partition coefficient (Wildman–Crippen LogP) is 2.53. The Morgan fingerprint density at radius 3 is 2.27 bits per heavy atom. The Balaban J connectivity index is 0.000000980. The molecule has 2 rings (SSSR count). The van der Waals surface area contributed by atoms with Gasteiger partial charge in [0.2, 0.25) is 0 Å². The van der Waals surface area contributed by atoms with Crippen molar-refractivity contribution in [2.75, 3.05) is 0 Å². The third-order valence-corrected chi connectivity index (χ3v) is 2.02. The summed E-state index contributed by atoms with van der Waals surface area (Å²) in [6.45, 7) is 0. The molecule has 0 fully saturated rings. The summed E-state index contributed by atoms with van der Waals surface area (Å²) in [6, 6.07) is 12.7. The molecule has 1 N–H and O–H groups in total. The summed E-state index contributed by atoms with van der Waals surface area (Å²) in [5, 5.41) is 10.6. The molecule has 0 heterocycles. The molecule has 0 atom stereocenters. The van der Waals surface area contributed by atoms with Gasteiger partial charge in [-0.25, -0.2) is 4.79 Å². The summed E-state index contributed by atoms with van der Waals surface area (Å²) >= 11 is 0. The predicted molar refractivity (Wildman–Crippen MR) is 50.9 cm³/mol. The second-order valence-corrected chi connectivity index (χ2v) is 2.83. The first kappa shape index (κ1) is 14.6. The normalized spacial score (nSPS) is 8.80. The maximum atomic E-state index is 10.8. The number of rotatable bonds is 1. The van der Waals surface area contributed by atoms with E-state index in [1.54, 1.807) is 12.1 Å². The molecule has 4 heteroatoms. The molecule has 0 saturated heterocycles. The number of benzene rings is 2. The molecule has 0 aliphatic carbocycles. The second-order valence-electron chi connectivity index (χ2n) is 2.83. The summed E-state index contributed by atoms with van der Waals surface area (Å²) in [4.78, 5) is 10.8. The maximum absolute atomic E-state index is 10.8. The minimum atomic E-state index is -0.878. The molecule has 2 aromatic rings. The molecule has 0 unspecified atom stereocenters. The number of fused-ring (bicyclic) bond motifs is 1. The van der Waals surface area contributed by atoms with Gasteiger partial charge < -0.3 is 5.11 Å². The van der Waals surface area contributed by atoms with Gasteiger partial charge in [0.15, 0.2) is 0 Å². The number of hydrogen-bond donors (Lipinski definition) is 1. The van der Waals surface area contributed by atoms with Crippen LogP contribution in [0.2, 0.25) is 0 Å².